The van der Waals surface area contributed by atoms with E-state index in [2.05, 4.69) is 9.72 Å². The summed E-state index contributed by atoms with van der Waals surface area (Å²) in [5.74, 6) is -0.0131. The quantitative estimate of drug-likeness (QED) is 0.494. The molecule has 0 atom stereocenters. The predicted molar refractivity (Wildman–Crippen MR) is 28.6 cm³/mol. The lowest BCUT2D eigenvalue weighted by Gasteiger charge is -1.93. The molecule has 0 N–H and O–H groups in total. The second-order valence-corrected chi connectivity index (χ2v) is 3.02. The maximum absolute atomic E-state index is 10.3. The van der Waals surface area contributed by atoms with Crippen molar-refractivity contribution in [1.82, 2.24) is 4.89 Å². The molecule has 0 aromatic carbocycles. The number of hydrogen-bond acceptors (Lipinski definition) is 3. The van der Waals surface area contributed by atoms with Crippen molar-refractivity contribution in [3.63, 3.8) is 0 Å². The lowest BCUT2D eigenvalue weighted by molar-refractivity contribution is 0.145. The highest BCUT2D eigenvalue weighted by molar-refractivity contribution is 7.89. The van der Waals surface area contributed by atoms with Crippen LogP contribution in [0.15, 0.2) is 0 Å². The number of rotatable bonds is 3. The van der Waals surface area contributed by atoms with Crippen molar-refractivity contribution in [3.8, 4) is 0 Å². The first kappa shape index (κ1) is 7.87. The molecule has 8 heavy (non-hydrogen) atoms. The molecule has 0 aromatic heterocycles. The van der Waals surface area contributed by atoms with Gasteiger partial charge >= 0.3 is 0 Å². The highest BCUT2D eigenvalue weighted by atomic mass is 32.2. The summed E-state index contributed by atoms with van der Waals surface area (Å²) in [6.45, 7) is 1.50. The van der Waals surface area contributed by atoms with Crippen LogP contribution in [0.1, 0.15) is 6.92 Å². The summed E-state index contributed by atoms with van der Waals surface area (Å²) in [7, 11) is -2.07. The zero-order chi connectivity index (χ0) is 6.62. The summed E-state index contributed by atoms with van der Waals surface area (Å²) < 4.78 is 20.6. The van der Waals surface area contributed by atoms with Crippen molar-refractivity contribution in [3.05, 3.63) is 0 Å². The first-order valence-electron chi connectivity index (χ1n) is 2.10. The molecule has 0 aliphatic carbocycles. The van der Waals surface area contributed by atoms with Crippen molar-refractivity contribution in [2.45, 2.75) is 6.92 Å². The van der Waals surface area contributed by atoms with Gasteiger partial charge in [-0.15, -0.1) is 0 Å². The average Bonchev–Trinajstić information content (AvgIpc) is 1.67. The van der Waals surface area contributed by atoms with Gasteiger partial charge in [0, 0.05) is 4.89 Å². The van der Waals surface area contributed by atoms with Gasteiger partial charge in [0.2, 0.25) is 0 Å². The molecule has 4 nitrogen and oxygen atoms in total. The van der Waals surface area contributed by atoms with Crippen molar-refractivity contribution in [2.75, 3.05) is 12.9 Å². The van der Waals surface area contributed by atoms with Crippen molar-refractivity contribution in [1.29, 1.82) is 0 Å². The Bertz CT molecular complexity index is 139. The summed E-state index contributed by atoms with van der Waals surface area (Å²) in [4.78, 5) is 6.88. The van der Waals surface area contributed by atoms with Crippen LogP contribution in [-0.2, 0) is 14.9 Å². The average molecular weight is 138 g/mol. The third-order valence-corrected chi connectivity index (χ3v) is 1.66. The van der Waals surface area contributed by atoms with Crippen LogP contribution in [0.3, 0.4) is 0 Å². The van der Waals surface area contributed by atoms with Crippen LogP contribution in [0.5, 0.6) is 0 Å². The molecule has 1 radical (unpaired) electrons. The van der Waals surface area contributed by atoms with Gasteiger partial charge < -0.3 is 0 Å². The first-order chi connectivity index (χ1) is 3.62. The van der Waals surface area contributed by atoms with Gasteiger partial charge in [-0.05, 0) is 6.92 Å². The van der Waals surface area contributed by atoms with E-state index in [0.717, 1.165) is 0 Å². The highest BCUT2D eigenvalue weighted by Crippen LogP contribution is 1.81. The van der Waals surface area contributed by atoms with Crippen molar-refractivity contribution >= 4 is 10.0 Å². The van der Waals surface area contributed by atoms with E-state index in [1.165, 1.54) is 14.0 Å². The minimum Gasteiger partial charge on any atom is -0.271 e. The fourth-order valence-corrected chi connectivity index (χ4v) is 0.499. The van der Waals surface area contributed by atoms with Gasteiger partial charge in [0.25, 0.3) is 10.0 Å². The first-order valence-corrected chi connectivity index (χ1v) is 3.71. The number of hydrogen-bond donors (Lipinski definition) is 0. The van der Waals surface area contributed by atoms with Gasteiger partial charge in [0.05, 0.1) is 12.9 Å². The minimum atomic E-state index is -3.27. The van der Waals surface area contributed by atoms with Crippen LogP contribution >= 0.6 is 0 Å². The van der Waals surface area contributed by atoms with E-state index in [1.54, 1.807) is 0 Å². The summed E-state index contributed by atoms with van der Waals surface area (Å²) in [5, 5.41) is 0. The lowest BCUT2D eigenvalue weighted by Crippen LogP contribution is -2.16. The topological polar surface area (TPSA) is 57.5 Å². The summed E-state index contributed by atoms with van der Waals surface area (Å²) in [5.41, 5.74) is 0. The molecule has 0 bridgehead atoms. The lowest BCUT2D eigenvalue weighted by atomic mass is 11.0. The molecule has 0 fully saturated rings. The Morgan fingerprint density at radius 2 is 2.12 bits per heavy atom. The molecule has 0 aromatic rings. The molecule has 0 aliphatic rings. The van der Waals surface area contributed by atoms with Gasteiger partial charge in [-0.25, -0.2) is 8.42 Å². The third kappa shape index (κ3) is 2.95. The van der Waals surface area contributed by atoms with E-state index in [1.807, 2.05) is 0 Å². The molecule has 0 rings (SSSR count). The Labute approximate surface area is 48.8 Å². The maximum atomic E-state index is 10.3. The van der Waals surface area contributed by atoms with E-state index in [-0.39, 0.29) is 5.75 Å². The fourth-order valence-electron chi connectivity index (χ4n) is 0.166. The molecule has 0 spiro atoms. The second kappa shape index (κ2) is 3.01. The van der Waals surface area contributed by atoms with Gasteiger partial charge in [-0.1, -0.05) is 0 Å². The number of nitrogens with zero attached hydrogens (tertiary/aromatic N) is 1. The van der Waals surface area contributed by atoms with Crippen molar-refractivity contribution < 1.29 is 13.3 Å². The summed E-state index contributed by atoms with van der Waals surface area (Å²) in [6.07, 6.45) is 0. The Morgan fingerprint density at radius 3 is 2.25 bits per heavy atom. The smallest absolute Gasteiger partial charge is 0.252 e. The van der Waals surface area contributed by atoms with Crippen LogP contribution in [-0.4, -0.2) is 21.3 Å². The maximum Gasteiger partial charge on any atom is 0.252 e. The second-order valence-electron chi connectivity index (χ2n) is 1.13. The van der Waals surface area contributed by atoms with Crippen LogP contribution < -0.4 is 4.89 Å². The van der Waals surface area contributed by atoms with Crippen LogP contribution in [0.25, 0.3) is 0 Å². The highest BCUT2D eigenvalue weighted by Gasteiger charge is 2.05. The molecule has 49 valence electrons. The minimum absolute atomic E-state index is 0.0131. The van der Waals surface area contributed by atoms with E-state index in [4.69, 9.17) is 0 Å². The molecular weight excluding hydrogens is 130 g/mol. The molecule has 0 aliphatic heterocycles. The molecule has 0 saturated carbocycles. The van der Waals surface area contributed by atoms with Crippen LogP contribution in [0.2, 0.25) is 0 Å². The standard InChI is InChI=1S/C3H8NO3S/c1-3-8(5,6)4-7-2/h3H2,1-2H3. The summed E-state index contributed by atoms with van der Waals surface area (Å²) in [6, 6.07) is 0. The zero-order valence-corrected chi connectivity index (χ0v) is 5.60. The van der Waals surface area contributed by atoms with E-state index < -0.39 is 10.0 Å². The Hall–Kier alpha value is -0.130. The van der Waals surface area contributed by atoms with Gasteiger partial charge in [-0.2, -0.15) is 0 Å². The fraction of sp³-hybridized carbons (Fsp3) is 1.00. The summed E-state index contributed by atoms with van der Waals surface area (Å²) >= 11 is 0. The SMILES string of the molecule is CCS(=O)(=O)[N]OC. The number of sulfonamides is 1. The molecule has 0 heterocycles. The Kier molecular flexibility index (Phi) is 2.96. The molecule has 5 heteroatoms. The monoisotopic (exact) mass is 138 g/mol. The normalized spacial score (nSPS) is 11.8. The van der Waals surface area contributed by atoms with Gasteiger partial charge in [-0.3, -0.25) is 4.84 Å². The predicted octanol–water partition coefficient (Wildman–Crippen LogP) is -0.498. The Balaban J connectivity index is 3.76. The van der Waals surface area contributed by atoms with Gasteiger partial charge in [0.1, 0.15) is 0 Å². The van der Waals surface area contributed by atoms with Crippen molar-refractivity contribution in [2.24, 2.45) is 0 Å². The van der Waals surface area contributed by atoms with E-state index >= 15 is 0 Å². The molecule has 0 unspecified atom stereocenters. The van der Waals surface area contributed by atoms with Gasteiger partial charge in [0.15, 0.2) is 0 Å². The Morgan fingerprint density at radius 1 is 1.62 bits per heavy atom. The van der Waals surface area contributed by atoms with Crippen LogP contribution in [0.4, 0.5) is 0 Å². The molecular formula is C3H8NO3S. The van der Waals surface area contributed by atoms with E-state index in [0.29, 0.717) is 0 Å². The zero-order valence-electron chi connectivity index (χ0n) is 4.79. The van der Waals surface area contributed by atoms with E-state index in [9.17, 15) is 8.42 Å². The third-order valence-electron chi connectivity index (χ3n) is 0.553. The molecule has 0 amide bonds. The largest absolute Gasteiger partial charge is 0.271 e. The molecule has 0 saturated heterocycles. The van der Waals surface area contributed by atoms with Crippen LogP contribution in [0, 0.1) is 0 Å².